The Balaban J connectivity index is 1.53. The standard InChI is InChI=1S/C26H34N2O5/c1-3-32-24(25(29)30)17-20-11-13-22(14-12-20)33-16-15-28(18-21-8-6-9-21)26(31)27-23-10-5-4-7-19(23)2/h4-5,7,10-14,21,24H,3,6,8-9,15-18H2,1-2H3,(H,27,31)(H,29,30). The molecular formula is C26H34N2O5. The second-order valence-electron chi connectivity index (χ2n) is 8.47. The second-order valence-corrected chi connectivity index (χ2v) is 8.47. The average molecular weight is 455 g/mol. The average Bonchev–Trinajstić information content (AvgIpc) is 2.77. The van der Waals surface area contributed by atoms with E-state index in [-0.39, 0.29) is 6.03 Å². The van der Waals surface area contributed by atoms with Crippen LogP contribution in [0.2, 0.25) is 0 Å². The summed E-state index contributed by atoms with van der Waals surface area (Å²) < 4.78 is 11.2. The van der Waals surface area contributed by atoms with Crippen molar-refractivity contribution in [3.05, 3.63) is 59.7 Å². The minimum atomic E-state index is -0.965. The fourth-order valence-electron chi connectivity index (χ4n) is 3.80. The summed E-state index contributed by atoms with van der Waals surface area (Å²) in [5.74, 6) is 0.275. The van der Waals surface area contributed by atoms with Crippen LogP contribution in [-0.2, 0) is 16.0 Å². The van der Waals surface area contributed by atoms with Crippen molar-refractivity contribution in [3.8, 4) is 5.75 Å². The van der Waals surface area contributed by atoms with Crippen LogP contribution in [0.4, 0.5) is 10.5 Å². The molecule has 2 aromatic rings. The molecule has 1 aliphatic carbocycles. The maximum atomic E-state index is 12.9. The topological polar surface area (TPSA) is 88.1 Å². The number of benzene rings is 2. The molecule has 0 heterocycles. The first kappa shape index (κ1) is 24.6. The lowest BCUT2D eigenvalue weighted by Crippen LogP contribution is -2.42. The van der Waals surface area contributed by atoms with Gasteiger partial charge in [0.05, 0.1) is 6.54 Å². The van der Waals surface area contributed by atoms with E-state index in [0.717, 1.165) is 36.2 Å². The molecule has 0 aromatic heterocycles. The van der Waals surface area contributed by atoms with Crippen molar-refractivity contribution in [1.29, 1.82) is 0 Å². The maximum Gasteiger partial charge on any atom is 0.333 e. The number of rotatable bonds is 12. The number of hydrogen-bond acceptors (Lipinski definition) is 4. The van der Waals surface area contributed by atoms with Crippen molar-refractivity contribution in [3.63, 3.8) is 0 Å². The third kappa shape index (κ3) is 7.49. The summed E-state index contributed by atoms with van der Waals surface area (Å²) in [6, 6.07) is 15.0. The van der Waals surface area contributed by atoms with E-state index in [2.05, 4.69) is 5.32 Å². The number of ether oxygens (including phenoxy) is 2. The number of para-hydroxylation sites is 1. The molecule has 2 amide bonds. The number of urea groups is 1. The van der Waals surface area contributed by atoms with E-state index < -0.39 is 12.1 Å². The largest absolute Gasteiger partial charge is 0.492 e. The molecule has 1 unspecified atom stereocenters. The molecule has 3 rings (SSSR count). The van der Waals surface area contributed by atoms with Gasteiger partial charge in [0, 0.05) is 25.3 Å². The number of amides is 2. The van der Waals surface area contributed by atoms with E-state index in [4.69, 9.17) is 9.47 Å². The highest BCUT2D eigenvalue weighted by Gasteiger charge is 2.24. The first-order chi connectivity index (χ1) is 16.0. The lowest BCUT2D eigenvalue weighted by molar-refractivity contribution is -0.149. The van der Waals surface area contributed by atoms with Gasteiger partial charge in [0.25, 0.3) is 0 Å². The van der Waals surface area contributed by atoms with Gasteiger partial charge in [-0.2, -0.15) is 0 Å². The summed E-state index contributed by atoms with van der Waals surface area (Å²) in [6.45, 7) is 5.71. The number of hydrogen-bond donors (Lipinski definition) is 2. The van der Waals surface area contributed by atoms with E-state index in [9.17, 15) is 14.7 Å². The molecule has 0 saturated heterocycles. The summed E-state index contributed by atoms with van der Waals surface area (Å²) in [6.07, 6.45) is 3.00. The molecule has 0 spiro atoms. The zero-order valence-electron chi connectivity index (χ0n) is 19.5. The molecule has 7 nitrogen and oxygen atoms in total. The Morgan fingerprint density at radius 2 is 1.88 bits per heavy atom. The number of anilines is 1. The summed E-state index contributed by atoms with van der Waals surface area (Å²) in [4.78, 5) is 26.0. The van der Waals surface area contributed by atoms with Crippen molar-refractivity contribution in [2.45, 2.75) is 45.6 Å². The molecule has 2 aromatic carbocycles. The Kier molecular flexibility index (Phi) is 9.13. The molecule has 0 aliphatic heterocycles. The lowest BCUT2D eigenvalue weighted by atomic mass is 9.85. The Labute approximate surface area is 195 Å². The van der Waals surface area contributed by atoms with Crippen LogP contribution in [0.25, 0.3) is 0 Å². The molecule has 1 saturated carbocycles. The van der Waals surface area contributed by atoms with E-state index in [0.29, 0.717) is 37.8 Å². The molecule has 33 heavy (non-hydrogen) atoms. The number of aryl methyl sites for hydroxylation is 1. The van der Waals surface area contributed by atoms with Gasteiger partial charge in [0.15, 0.2) is 6.10 Å². The Hall–Kier alpha value is -3.06. The summed E-state index contributed by atoms with van der Waals surface area (Å²) in [5.41, 5.74) is 2.72. The quantitative estimate of drug-likeness (QED) is 0.484. The maximum absolute atomic E-state index is 12.9. The van der Waals surface area contributed by atoms with E-state index in [1.54, 1.807) is 6.92 Å². The number of carboxylic acids is 1. The van der Waals surface area contributed by atoms with Crippen LogP contribution in [0.1, 0.15) is 37.3 Å². The monoisotopic (exact) mass is 454 g/mol. The predicted molar refractivity (Wildman–Crippen MR) is 128 cm³/mol. The highest BCUT2D eigenvalue weighted by molar-refractivity contribution is 5.90. The normalized spacial score (nSPS) is 14.2. The summed E-state index contributed by atoms with van der Waals surface area (Å²) in [7, 11) is 0. The number of aliphatic carboxylic acids is 1. The third-order valence-corrected chi connectivity index (χ3v) is 5.99. The van der Waals surface area contributed by atoms with E-state index >= 15 is 0 Å². The van der Waals surface area contributed by atoms with Gasteiger partial charge < -0.3 is 24.8 Å². The van der Waals surface area contributed by atoms with Crippen molar-refractivity contribution >= 4 is 17.7 Å². The minimum Gasteiger partial charge on any atom is -0.492 e. The van der Waals surface area contributed by atoms with Crippen LogP contribution >= 0.6 is 0 Å². The Bertz CT molecular complexity index is 911. The number of carboxylic acid groups (broad SMARTS) is 1. The predicted octanol–water partition coefficient (Wildman–Crippen LogP) is 4.74. The van der Waals surface area contributed by atoms with Gasteiger partial charge in [-0.1, -0.05) is 36.8 Å². The highest BCUT2D eigenvalue weighted by Crippen LogP contribution is 2.27. The van der Waals surface area contributed by atoms with Gasteiger partial charge in [-0.3, -0.25) is 0 Å². The molecule has 0 bridgehead atoms. The zero-order valence-corrected chi connectivity index (χ0v) is 19.5. The first-order valence-corrected chi connectivity index (χ1v) is 11.6. The lowest BCUT2D eigenvalue weighted by Gasteiger charge is -2.32. The number of nitrogens with zero attached hydrogens (tertiary/aromatic N) is 1. The SMILES string of the molecule is CCOC(Cc1ccc(OCCN(CC2CCC2)C(=O)Nc2ccccc2C)cc1)C(=O)O. The van der Waals surface area contributed by atoms with Crippen LogP contribution in [-0.4, -0.2) is 54.4 Å². The first-order valence-electron chi connectivity index (χ1n) is 11.6. The van der Waals surface area contributed by atoms with Crippen LogP contribution in [0, 0.1) is 12.8 Å². The fraction of sp³-hybridized carbons (Fsp3) is 0.462. The van der Waals surface area contributed by atoms with Gasteiger partial charge in [0.1, 0.15) is 12.4 Å². The van der Waals surface area contributed by atoms with E-state index in [1.165, 1.54) is 6.42 Å². The van der Waals surface area contributed by atoms with Crippen LogP contribution in [0.15, 0.2) is 48.5 Å². The summed E-state index contributed by atoms with van der Waals surface area (Å²) in [5, 5.41) is 12.3. The van der Waals surface area contributed by atoms with Crippen LogP contribution < -0.4 is 10.1 Å². The molecule has 0 radical (unpaired) electrons. The van der Waals surface area contributed by atoms with Crippen molar-refractivity contribution in [2.75, 3.05) is 31.6 Å². The molecule has 1 atom stereocenters. The smallest absolute Gasteiger partial charge is 0.333 e. The van der Waals surface area contributed by atoms with Crippen LogP contribution in [0.3, 0.4) is 0 Å². The molecule has 1 fully saturated rings. The van der Waals surface area contributed by atoms with Gasteiger partial charge in [-0.25, -0.2) is 9.59 Å². The second kappa shape index (κ2) is 12.3. The van der Waals surface area contributed by atoms with Crippen molar-refractivity contribution in [1.82, 2.24) is 4.90 Å². The summed E-state index contributed by atoms with van der Waals surface area (Å²) >= 11 is 0. The molecule has 178 valence electrons. The minimum absolute atomic E-state index is 0.106. The Morgan fingerprint density at radius 3 is 2.48 bits per heavy atom. The molecule has 1 aliphatic rings. The van der Waals surface area contributed by atoms with Gasteiger partial charge in [-0.15, -0.1) is 0 Å². The van der Waals surface area contributed by atoms with Crippen LogP contribution in [0.5, 0.6) is 5.75 Å². The number of carbonyl (C=O) groups is 2. The van der Waals surface area contributed by atoms with Crippen molar-refractivity contribution in [2.24, 2.45) is 5.92 Å². The number of carbonyl (C=O) groups excluding carboxylic acids is 1. The molecular weight excluding hydrogens is 420 g/mol. The molecule has 2 N–H and O–H groups in total. The van der Waals surface area contributed by atoms with Gasteiger partial charge in [-0.05, 0) is 61.9 Å². The Morgan fingerprint density at radius 1 is 1.15 bits per heavy atom. The third-order valence-electron chi connectivity index (χ3n) is 5.99. The fourth-order valence-corrected chi connectivity index (χ4v) is 3.80. The van der Waals surface area contributed by atoms with Gasteiger partial charge >= 0.3 is 12.0 Å². The van der Waals surface area contributed by atoms with Gasteiger partial charge in [0.2, 0.25) is 0 Å². The molecule has 7 heteroatoms. The highest BCUT2D eigenvalue weighted by atomic mass is 16.5. The van der Waals surface area contributed by atoms with E-state index in [1.807, 2.05) is 60.4 Å². The van der Waals surface area contributed by atoms with Crippen molar-refractivity contribution < 1.29 is 24.2 Å². The zero-order chi connectivity index (χ0) is 23.6. The number of nitrogens with one attached hydrogen (secondary N) is 1.